The molecule has 0 saturated heterocycles. The Labute approximate surface area is 83.2 Å². The number of rotatable bonds is 5. The van der Waals surface area contributed by atoms with Gasteiger partial charge in [0.1, 0.15) is 11.7 Å². The molecule has 0 aliphatic carbocycles. The smallest absolute Gasteiger partial charge is 0.232 e. The zero-order chi connectivity index (χ0) is 11.1. The molecule has 0 heterocycles. The lowest BCUT2D eigenvalue weighted by Crippen LogP contribution is -2.39. The maximum atomic E-state index is 11.2. The van der Waals surface area contributed by atoms with Crippen LogP contribution in [0.3, 0.4) is 0 Å². The van der Waals surface area contributed by atoms with E-state index < -0.39 is 17.7 Å². The van der Waals surface area contributed by atoms with E-state index in [-0.39, 0.29) is 12.2 Å². The molecule has 5 heteroatoms. The van der Waals surface area contributed by atoms with Crippen molar-refractivity contribution in [1.82, 2.24) is 10.6 Å². The van der Waals surface area contributed by atoms with Crippen LogP contribution in [0.25, 0.3) is 0 Å². The van der Waals surface area contributed by atoms with Crippen LogP contribution in [0.1, 0.15) is 19.8 Å². The Balaban J connectivity index is 4.48. The number of amides is 2. The lowest BCUT2D eigenvalue weighted by Gasteiger charge is -2.12. The van der Waals surface area contributed by atoms with Crippen molar-refractivity contribution in [2.75, 3.05) is 14.1 Å². The van der Waals surface area contributed by atoms with E-state index >= 15 is 0 Å². The minimum absolute atomic E-state index is 0.0319. The molecule has 0 saturated carbocycles. The molecule has 2 N–H and O–H groups in total. The highest BCUT2D eigenvalue weighted by atomic mass is 16.2. The maximum Gasteiger partial charge on any atom is 0.232 e. The normalized spacial score (nSPS) is 9.71. The molecule has 0 rings (SSSR count). The molecule has 2 amide bonds. The van der Waals surface area contributed by atoms with Gasteiger partial charge in [-0.25, -0.2) is 0 Å². The predicted octanol–water partition coefficient (Wildman–Crippen LogP) is -0.536. The third kappa shape index (κ3) is 3.55. The van der Waals surface area contributed by atoms with Gasteiger partial charge in [0.25, 0.3) is 0 Å². The Kier molecular flexibility index (Phi) is 5.52. The highest BCUT2D eigenvalue weighted by Gasteiger charge is 2.26. The van der Waals surface area contributed by atoms with Gasteiger partial charge in [-0.15, -0.1) is 0 Å². The van der Waals surface area contributed by atoms with Crippen molar-refractivity contribution in [3.63, 3.8) is 0 Å². The Hall–Kier alpha value is -1.39. The van der Waals surface area contributed by atoms with Crippen molar-refractivity contribution in [1.29, 1.82) is 0 Å². The van der Waals surface area contributed by atoms with Crippen LogP contribution in [-0.2, 0) is 14.4 Å². The largest absolute Gasteiger partial charge is 0.358 e. The molecule has 0 bridgehead atoms. The first kappa shape index (κ1) is 12.6. The number of Topliss-reactive ketones (excluding diaryl/α,β-unsaturated/α-hetero) is 1. The SMILES string of the molecule is CCC(=O)CC(C(=O)NC)C(=O)NC. The van der Waals surface area contributed by atoms with Gasteiger partial charge in [0, 0.05) is 26.9 Å². The third-order valence-corrected chi connectivity index (χ3v) is 1.95. The van der Waals surface area contributed by atoms with Crippen LogP contribution in [0.4, 0.5) is 0 Å². The molecule has 80 valence electrons. The number of carbonyl (C=O) groups excluding carboxylic acids is 3. The van der Waals surface area contributed by atoms with E-state index in [1.807, 2.05) is 0 Å². The molecule has 0 radical (unpaired) electrons. The summed E-state index contributed by atoms with van der Waals surface area (Å²) in [5, 5.41) is 4.72. The lowest BCUT2D eigenvalue weighted by molar-refractivity contribution is -0.138. The molecule has 14 heavy (non-hydrogen) atoms. The van der Waals surface area contributed by atoms with Gasteiger partial charge >= 0.3 is 0 Å². The highest BCUT2D eigenvalue weighted by Crippen LogP contribution is 2.06. The first-order chi connectivity index (χ1) is 6.56. The topological polar surface area (TPSA) is 75.3 Å². The van der Waals surface area contributed by atoms with Gasteiger partial charge in [0.15, 0.2) is 0 Å². The number of ketones is 1. The number of hydrogen-bond donors (Lipinski definition) is 2. The standard InChI is InChI=1S/C9H16N2O3/c1-4-6(12)5-7(8(13)10-2)9(14)11-3/h7H,4-5H2,1-3H3,(H,10,13)(H,11,14). The van der Waals surface area contributed by atoms with Crippen molar-refractivity contribution < 1.29 is 14.4 Å². The molecule has 5 nitrogen and oxygen atoms in total. The van der Waals surface area contributed by atoms with Crippen molar-refractivity contribution in [2.24, 2.45) is 5.92 Å². The average molecular weight is 200 g/mol. The molecule has 0 fully saturated rings. The van der Waals surface area contributed by atoms with Crippen LogP contribution in [0.15, 0.2) is 0 Å². The summed E-state index contributed by atoms with van der Waals surface area (Å²) < 4.78 is 0. The predicted molar refractivity (Wildman–Crippen MR) is 51.5 cm³/mol. The first-order valence-electron chi connectivity index (χ1n) is 4.51. The van der Waals surface area contributed by atoms with Crippen molar-refractivity contribution in [2.45, 2.75) is 19.8 Å². The monoisotopic (exact) mass is 200 g/mol. The molecule has 0 spiro atoms. The van der Waals surface area contributed by atoms with Crippen LogP contribution >= 0.6 is 0 Å². The van der Waals surface area contributed by atoms with Gasteiger partial charge < -0.3 is 10.6 Å². The van der Waals surface area contributed by atoms with Crippen LogP contribution in [0, 0.1) is 5.92 Å². The molecule has 0 aliphatic heterocycles. The molecular weight excluding hydrogens is 184 g/mol. The van der Waals surface area contributed by atoms with Gasteiger partial charge in [-0.1, -0.05) is 6.92 Å². The number of hydrogen-bond acceptors (Lipinski definition) is 3. The van der Waals surface area contributed by atoms with E-state index in [9.17, 15) is 14.4 Å². The van der Waals surface area contributed by atoms with E-state index in [4.69, 9.17) is 0 Å². The van der Waals surface area contributed by atoms with E-state index in [1.54, 1.807) is 6.92 Å². The Bertz CT molecular complexity index is 222. The third-order valence-electron chi connectivity index (χ3n) is 1.95. The maximum absolute atomic E-state index is 11.2. The molecule has 0 unspecified atom stereocenters. The second-order valence-electron chi connectivity index (χ2n) is 2.88. The van der Waals surface area contributed by atoms with E-state index in [0.717, 1.165) is 0 Å². The average Bonchev–Trinajstić information content (AvgIpc) is 2.23. The Morgan fingerprint density at radius 1 is 1.07 bits per heavy atom. The van der Waals surface area contributed by atoms with Gasteiger partial charge in [0.2, 0.25) is 11.8 Å². The van der Waals surface area contributed by atoms with Gasteiger partial charge in [-0.2, -0.15) is 0 Å². The summed E-state index contributed by atoms with van der Waals surface area (Å²) in [5.74, 6) is -1.85. The zero-order valence-corrected chi connectivity index (χ0v) is 8.72. The van der Waals surface area contributed by atoms with Crippen molar-refractivity contribution >= 4 is 17.6 Å². The summed E-state index contributed by atoms with van der Waals surface area (Å²) in [6.07, 6.45) is 0.306. The molecule has 0 aromatic carbocycles. The van der Waals surface area contributed by atoms with Crippen molar-refractivity contribution in [3.05, 3.63) is 0 Å². The molecule has 0 aromatic heterocycles. The van der Waals surface area contributed by atoms with E-state index in [0.29, 0.717) is 6.42 Å². The second-order valence-corrected chi connectivity index (χ2v) is 2.88. The van der Waals surface area contributed by atoms with Crippen molar-refractivity contribution in [3.8, 4) is 0 Å². The summed E-state index contributed by atoms with van der Waals surface area (Å²) in [7, 11) is 2.88. The molecule has 0 aliphatic rings. The molecule has 0 aromatic rings. The fourth-order valence-corrected chi connectivity index (χ4v) is 1.02. The summed E-state index contributed by atoms with van der Waals surface area (Å²) in [5.41, 5.74) is 0. The van der Waals surface area contributed by atoms with Crippen LogP contribution in [0.5, 0.6) is 0 Å². The summed E-state index contributed by atoms with van der Waals surface area (Å²) in [6.45, 7) is 1.70. The fraction of sp³-hybridized carbons (Fsp3) is 0.667. The highest BCUT2D eigenvalue weighted by molar-refractivity contribution is 6.03. The Morgan fingerprint density at radius 2 is 1.50 bits per heavy atom. The summed E-state index contributed by atoms with van der Waals surface area (Å²) >= 11 is 0. The molecular formula is C9H16N2O3. The quantitative estimate of drug-likeness (QED) is 0.585. The second kappa shape index (κ2) is 6.12. The van der Waals surface area contributed by atoms with E-state index in [1.165, 1.54) is 14.1 Å². The minimum atomic E-state index is -0.905. The van der Waals surface area contributed by atoms with Crippen LogP contribution < -0.4 is 10.6 Å². The number of nitrogens with one attached hydrogen (secondary N) is 2. The summed E-state index contributed by atoms with van der Waals surface area (Å²) in [6, 6.07) is 0. The van der Waals surface area contributed by atoms with Crippen LogP contribution in [-0.4, -0.2) is 31.7 Å². The number of carbonyl (C=O) groups is 3. The lowest BCUT2D eigenvalue weighted by atomic mass is 9.99. The van der Waals surface area contributed by atoms with Gasteiger partial charge in [-0.05, 0) is 0 Å². The van der Waals surface area contributed by atoms with E-state index in [2.05, 4.69) is 10.6 Å². The molecule has 0 atom stereocenters. The first-order valence-corrected chi connectivity index (χ1v) is 4.51. The Morgan fingerprint density at radius 3 is 1.79 bits per heavy atom. The van der Waals surface area contributed by atoms with Gasteiger partial charge in [0.05, 0.1) is 0 Å². The van der Waals surface area contributed by atoms with Gasteiger partial charge in [-0.3, -0.25) is 14.4 Å². The minimum Gasteiger partial charge on any atom is -0.358 e. The zero-order valence-electron chi connectivity index (χ0n) is 8.72. The summed E-state index contributed by atoms with van der Waals surface area (Å²) in [4.78, 5) is 33.6. The fourth-order valence-electron chi connectivity index (χ4n) is 1.02. The van der Waals surface area contributed by atoms with Crippen LogP contribution in [0.2, 0.25) is 0 Å².